The standard InChI is InChI=1S/C19H21N3O3/c1-25-19(24)20-12-7-13-22-17(14-8-3-2-4-9-14)21-16-11-6-5-10-15(16)18(22)23/h2-6,8-11,17,21H,7,12-13H2,1H3,(H,20,24). The van der Waals surface area contributed by atoms with Gasteiger partial charge in [-0.2, -0.15) is 0 Å². The lowest BCUT2D eigenvalue weighted by Crippen LogP contribution is -2.44. The lowest BCUT2D eigenvalue weighted by Gasteiger charge is -2.38. The molecule has 0 radical (unpaired) electrons. The molecule has 130 valence electrons. The summed E-state index contributed by atoms with van der Waals surface area (Å²) in [6.07, 6.45) is -0.0663. The van der Waals surface area contributed by atoms with E-state index in [4.69, 9.17) is 0 Å². The van der Waals surface area contributed by atoms with Crippen molar-refractivity contribution in [2.45, 2.75) is 12.6 Å². The Morgan fingerprint density at radius 1 is 1.16 bits per heavy atom. The number of para-hydroxylation sites is 1. The van der Waals surface area contributed by atoms with Crippen molar-refractivity contribution >= 4 is 17.7 Å². The number of carbonyl (C=O) groups excluding carboxylic acids is 2. The fourth-order valence-electron chi connectivity index (χ4n) is 2.93. The third-order valence-corrected chi connectivity index (χ3v) is 4.17. The third kappa shape index (κ3) is 3.74. The van der Waals surface area contributed by atoms with E-state index < -0.39 is 6.09 Å². The van der Waals surface area contributed by atoms with Gasteiger partial charge in [-0.05, 0) is 24.1 Å². The number of fused-ring (bicyclic) bond motifs is 1. The van der Waals surface area contributed by atoms with Crippen molar-refractivity contribution in [3.8, 4) is 0 Å². The average Bonchev–Trinajstić information content (AvgIpc) is 2.67. The second-order valence-corrected chi connectivity index (χ2v) is 5.77. The molecule has 0 fully saturated rings. The van der Waals surface area contributed by atoms with Crippen LogP contribution in [-0.2, 0) is 4.74 Å². The Balaban J connectivity index is 1.79. The van der Waals surface area contributed by atoms with Crippen LogP contribution in [0.5, 0.6) is 0 Å². The van der Waals surface area contributed by atoms with Crippen LogP contribution in [0.25, 0.3) is 0 Å². The molecule has 0 spiro atoms. The van der Waals surface area contributed by atoms with Crippen LogP contribution < -0.4 is 10.6 Å². The van der Waals surface area contributed by atoms with E-state index in [0.717, 1.165) is 11.3 Å². The summed E-state index contributed by atoms with van der Waals surface area (Å²) in [5.41, 5.74) is 2.52. The molecule has 1 atom stereocenters. The maximum Gasteiger partial charge on any atom is 0.406 e. The molecule has 1 aliphatic heterocycles. The van der Waals surface area contributed by atoms with E-state index in [-0.39, 0.29) is 12.1 Å². The second-order valence-electron chi connectivity index (χ2n) is 5.77. The van der Waals surface area contributed by atoms with Gasteiger partial charge in [0.25, 0.3) is 5.91 Å². The molecule has 6 heteroatoms. The van der Waals surface area contributed by atoms with Crippen molar-refractivity contribution in [3.63, 3.8) is 0 Å². The van der Waals surface area contributed by atoms with Crippen LogP contribution in [0.15, 0.2) is 54.6 Å². The summed E-state index contributed by atoms with van der Waals surface area (Å²) in [5.74, 6) is -0.0127. The highest BCUT2D eigenvalue weighted by atomic mass is 16.5. The molecule has 2 aromatic carbocycles. The maximum absolute atomic E-state index is 13.0. The summed E-state index contributed by atoms with van der Waals surface area (Å²) in [7, 11) is 1.33. The predicted molar refractivity (Wildman–Crippen MR) is 95.3 cm³/mol. The van der Waals surface area contributed by atoms with Gasteiger partial charge >= 0.3 is 6.09 Å². The van der Waals surface area contributed by atoms with Crippen LogP contribution in [0.4, 0.5) is 10.5 Å². The lowest BCUT2D eigenvalue weighted by atomic mass is 10.0. The molecule has 0 aliphatic carbocycles. The normalized spacial score (nSPS) is 16.0. The van der Waals surface area contributed by atoms with Crippen molar-refractivity contribution < 1.29 is 14.3 Å². The number of carbonyl (C=O) groups is 2. The van der Waals surface area contributed by atoms with Crippen LogP contribution in [0.3, 0.4) is 0 Å². The number of benzene rings is 2. The van der Waals surface area contributed by atoms with Crippen molar-refractivity contribution in [3.05, 3.63) is 65.7 Å². The number of hydrogen-bond acceptors (Lipinski definition) is 4. The van der Waals surface area contributed by atoms with Gasteiger partial charge in [-0.25, -0.2) is 4.79 Å². The number of amides is 2. The van der Waals surface area contributed by atoms with E-state index >= 15 is 0 Å². The van der Waals surface area contributed by atoms with Gasteiger partial charge in [0.15, 0.2) is 0 Å². The minimum Gasteiger partial charge on any atom is -0.453 e. The first kappa shape index (κ1) is 16.8. The highest BCUT2D eigenvalue weighted by Gasteiger charge is 2.32. The van der Waals surface area contributed by atoms with E-state index in [0.29, 0.717) is 25.1 Å². The average molecular weight is 339 g/mol. The number of hydrogen-bond donors (Lipinski definition) is 2. The van der Waals surface area contributed by atoms with E-state index in [1.807, 2.05) is 54.6 Å². The predicted octanol–water partition coefficient (Wildman–Crippen LogP) is 3.00. The molecule has 2 N–H and O–H groups in total. The second kappa shape index (κ2) is 7.70. The highest BCUT2D eigenvalue weighted by molar-refractivity contribution is 6.01. The maximum atomic E-state index is 13.0. The summed E-state index contributed by atoms with van der Waals surface area (Å²) >= 11 is 0. The molecule has 25 heavy (non-hydrogen) atoms. The molecule has 0 bridgehead atoms. The summed E-state index contributed by atoms with van der Waals surface area (Å²) in [6.45, 7) is 0.962. The van der Waals surface area contributed by atoms with Gasteiger partial charge in [0.2, 0.25) is 0 Å². The number of rotatable bonds is 5. The zero-order valence-corrected chi connectivity index (χ0v) is 14.1. The largest absolute Gasteiger partial charge is 0.453 e. The van der Waals surface area contributed by atoms with E-state index in [2.05, 4.69) is 15.4 Å². The first-order valence-corrected chi connectivity index (χ1v) is 8.24. The monoisotopic (exact) mass is 339 g/mol. The zero-order valence-electron chi connectivity index (χ0n) is 14.1. The molecule has 0 saturated carbocycles. The van der Waals surface area contributed by atoms with Gasteiger partial charge in [0, 0.05) is 18.8 Å². The molecule has 0 saturated heterocycles. The fourth-order valence-corrected chi connectivity index (χ4v) is 2.93. The molecular formula is C19H21N3O3. The molecule has 3 rings (SSSR count). The van der Waals surface area contributed by atoms with Crippen LogP contribution in [-0.4, -0.2) is 37.1 Å². The van der Waals surface area contributed by atoms with E-state index in [1.54, 1.807) is 4.90 Å². The van der Waals surface area contributed by atoms with Crippen LogP contribution in [0.2, 0.25) is 0 Å². The van der Waals surface area contributed by atoms with Crippen LogP contribution >= 0.6 is 0 Å². The van der Waals surface area contributed by atoms with Crippen molar-refractivity contribution in [1.29, 1.82) is 0 Å². The number of alkyl carbamates (subject to hydrolysis) is 1. The number of methoxy groups -OCH3 is 1. The summed E-state index contributed by atoms with van der Waals surface area (Å²) in [4.78, 5) is 25.9. The molecule has 6 nitrogen and oxygen atoms in total. The Labute approximate surface area is 146 Å². The van der Waals surface area contributed by atoms with Crippen molar-refractivity contribution in [2.24, 2.45) is 0 Å². The fraction of sp³-hybridized carbons (Fsp3) is 0.263. The van der Waals surface area contributed by atoms with Crippen LogP contribution in [0, 0.1) is 0 Å². The van der Waals surface area contributed by atoms with E-state index in [1.165, 1.54) is 7.11 Å². The zero-order chi connectivity index (χ0) is 17.6. The quantitative estimate of drug-likeness (QED) is 0.822. The first-order valence-electron chi connectivity index (χ1n) is 8.24. The van der Waals surface area contributed by atoms with Crippen molar-refractivity contribution in [2.75, 3.05) is 25.5 Å². The molecule has 2 amide bonds. The lowest BCUT2D eigenvalue weighted by molar-refractivity contribution is 0.0681. The van der Waals surface area contributed by atoms with Gasteiger partial charge in [-0.15, -0.1) is 0 Å². The summed E-state index contributed by atoms with van der Waals surface area (Å²) in [5, 5.41) is 6.09. The Morgan fingerprint density at radius 3 is 2.64 bits per heavy atom. The Morgan fingerprint density at radius 2 is 1.88 bits per heavy atom. The minimum atomic E-state index is -0.465. The number of anilines is 1. The molecule has 1 heterocycles. The molecule has 2 aromatic rings. The Kier molecular flexibility index (Phi) is 5.18. The van der Waals surface area contributed by atoms with Gasteiger partial charge < -0.3 is 20.3 Å². The Hall–Kier alpha value is -3.02. The smallest absolute Gasteiger partial charge is 0.406 e. The molecular weight excluding hydrogens is 318 g/mol. The Bertz CT molecular complexity index is 749. The number of nitrogens with one attached hydrogen (secondary N) is 2. The highest BCUT2D eigenvalue weighted by Crippen LogP contribution is 2.32. The van der Waals surface area contributed by atoms with Crippen LogP contribution in [0.1, 0.15) is 28.5 Å². The molecule has 0 aromatic heterocycles. The SMILES string of the molecule is COC(=O)NCCCN1C(=O)c2ccccc2NC1c1ccccc1. The van der Waals surface area contributed by atoms with Gasteiger partial charge in [-0.1, -0.05) is 42.5 Å². The number of ether oxygens (including phenoxy) is 1. The van der Waals surface area contributed by atoms with Gasteiger partial charge in [-0.3, -0.25) is 4.79 Å². The molecule has 1 unspecified atom stereocenters. The topological polar surface area (TPSA) is 70.7 Å². The van der Waals surface area contributed by atoms with Gasteiger partial charge in [0.1, 0.15) is 6.17 Å². The van der Waals surface area contributed by atoms with Gasteiger partial charge in [0.05, 0.1) is 12.7 Å². The molecule has 1 aliphatic rings. The first-order chi connectivity index (χ1) is 12.2. The summed E-state index contributed by atoms with van der Waals surface area (Å²) in [6, 6.07) is 17.4. The third-order valence-electron chi connectivity index (χ3n) is 4.17. The minimum absolute atomic E-state index is 0.0127. The number of nitrogens with zero attached hydrogens (tertiary/aromatic N) is 1. The summed E-state index contributed by atoms with van der Waals surface area (Å²) < 4.78 is 4.56. The van der Waals surface area contributed by atoms with Crippen molar-refractivity contribution in [1.82, 2.24) is 10.2 Å². The van der Waals surface area contributed by atoms with E-state index in [9.17, 15) is 9.59 Å².